The number of hydrogen-bond acceptors (Lipinski definition) is 5. The zero-order valence-electron chi connectivity index (χ0n) is 9.63. The van der Waals surface area contributed by atoms with Crippen LogP contribution in [0.2, 0.25) is 5.02 Å². The lowest BCUT2D eigenvalue weighted by molar-refractivity contribution is 0.0595. The van der Waals surface area contributed by atoms with E-state index < -0.39 is 5.97 Å². The third kappa shape index (κ3) is 2.43. The zero-order chi connectivity index (χ0) is 13.1. The molecule has 1 heterocycles. The quantitative estimate of drug-likeness (QED) is 0.848. The number of benzene rings is 1. The Bertz CT molecular complexity index is 565. The van der Waals surface area contributed by atoms with Crippen LogP contribution in [0.3, 0.4) is 0 Å². The average Bonchev–Trinajstić information content (AvgIpc) is 2.73. The summed E-state index contributed by atoms with van der Waals surface area (Å²) in [6.45, 7) is 0.410. The van der Waals surface area contributed by atoms with E-state index in [-0.39, 0.29) is 11.5 Å². The lowest BCUT2D eigenvalue weighted by atomic mass is 10.2. The predicted octanol–water partition coefficient (Wildman–Crippen LogP) is 1.35. The molecule has 1 aromatic heterocycles. The lowest BCUT2D eigenvalue weighted by Gasteiger charge is -2.03. The molecule has 0 amide bonds. The van der Waals surface area contributed by atoms with Gasteiger partial charge >= 0.3 is 5.97 Å². The van der Waals surface area contributed by atoms with Crippen molar-refractivity contribution < 1.29 is 9.53 Å². The number of anilines is 1. The Morgan fingerprint density at radius 2 is 2.11 bits per heavy atom. The summed E-state index contributed by atoms with van der Waals surface area (Å²) in [4.78, 5) is 11.3. The fourth-order valence-electron chi connectivity index (χ4n) is 1.44. The summed E-state index contributed by atoms with van der Waals surface area (Å²) in [5.74, 6) is -0.424. The highest BCUT2D eigenvalue weighted by Crippen LogP contribution is 2.14. The molecule has 0 saturated carbocycles. The maximum absolute atomic E-state index is 11.3. The van der Waals surface area contributed by atoms with Crippen molar-refractivity contribution in [3.63, 3.8) is 0 Å². The number of nitrogens with zero attached hydrogens (tertiary/aromatic N) is 3. The van der Waals surface area contributed by atoms with E-state index in [0.29, 0.717) is 11.6 Å². The number of aromatic nitrogens is 3. The summed E-state index contributed by atoms with van der Waals surface area (Å²) in [6, 6.07) is 7.24. The van der Waals surface area contributed by atoms with Gasteiger partial charge in [0.2, 0.25) is 5.69 Å². The highest BCUT2D eigenvalue weighted by molar-refractivity contribution is 6.30. The third-order valence-electron chi connectivity index (χ3n) is 2.40. The maximum Gasteiger partial charge on any atom is 0.362 e. The molecule has 2 aromatic rings. The standard InChI is InChI=1S/C11H11ClN4O2/c1-18-11(17)9-10(13)16(15-14-9)6-7-2-4-8(12)5-3-7/h2-5H,6,13H2,1H3. The number of esters is 1. The van der Waals surface area contributed by atoms with Gasteiger partial charge in [-0.2, -0.15) is 0 Å². The van der Waals surface area contributed by atoms with Crippen LogP contribution in [0.1, 0.15) is 16.1 Å². The van der Waals surface area contributed by atoms with Crippen molar-refractivity contribution in [1.29, 1.82) is 0 Å². The number of carbonyl (C=O) groups excluding carboxylic acids is 1. The molecule has 1 aromatic carbocycles. The van der Waals surface area contributed by atoms with E-state index in [1.165, 1.54) is 11.8 Å². The fourth-order valence-corrected chi connectivity index (χ4v) is 1.57. The Kier molecular flexibility index (Phi) is 3.47. The van der Waals surface area contributed by atoms with Gasteiger partial charge in [-0.25, -0.2) is 9.48 Å². The van der Waals surface area contributed by atoms with Crippen molar-refractivity contribution >= 4 is 23.4 Å². The van der Waals surface area contributed by atoms with Gasteiger partial charge in [0, 0.05) is 5.02 Å². The van der Waals surface area contributed by atoms with Crippen molar-refractivity contribution in [2.45, 2.75) is 6.54 Å². The van der Waals surface area contributed by atoms with E-state index in [9.17, 15) is 4.79 Å². The van der Waals surface area contributed by atoms with Crippen molar-refractivity contribution in [1.82, 2.24) is 15.0 Å². The number of rotatable bonds is 3. The second-order valence-corrected chi connectivity index (χ2v) is 4.04. The molecule has 0 aliphatic carbocycles. The van der Waals surface area contributed by atoms with Crippen molar-refractivity contribution in [2.24, 2.45) is 0 Å². The zero-order valence-corrected chi connectivity index (χ0v) is 10.4. The number of ether oxygens (including phenoxy) is 1. The van der Waals surface area contributed by atoms with E-state index in [0.717, 1.165) is 5.56 Å². The first-order valence-electron chi connectivity index (χ1n) is 5.13. The van der Waals surface area contributed by atoms with Gasteiger partial charge < -0.3 is 10.5 Å². The number of nitrogen functional groups attached to an aromatic ring is 1. The van der Waals surface area contributed by atoms with Crippen LogP contribution >= 0.6 is 11.6 Å². The molecule has 2 N–H and O–H groups in total. The molecule has 6 nitrogen and oxygen atoms in total. The van der Waals surface area contributed by atoms with Crippen LogP contribution < -0.4 is 5.73 Å². The van der Waals surface area contributed by atoms with Gasteiger partial charge in [0.25, 0.3) is 0 Å². The van der Waals surface area contributed by atoms with Crippen LogP contribution in [0.4, 0.5) is 5.82 Å². The van der Waals surface area contributed by atoms with Crippen molar-refractivity contribution in [3.8, 4) is 0 Å². The first-order valence-corrected chi connectivity index (χ1v) is 5.51. The van der Waals surface area contributed by atoms with Crippen LogP contribution in [0.5, 0.6) is 0 Å². The smallest absolute Gasteiger partial charge is 0.362 e. The highest BCUT2D eigenvalue weighted by atomic mass is 35.5. The monoisotopic (exact) mass is 266 g/mol. The Morgan fingerprint density at radius 3 is 2.72 bits per heavy atom. The number of halogens is 1. The van der Waals surface area contributed by atoms with Crippen molar-refractivity contribution in [2.75, 3.05) is 12.8 Å². The molecule has 0 unspecified atom stereocenters. The number of carbonyl (C=O) groups is 1. The molecular weight excluding hydrogens is 256 g/mol. The molecule has 7 heteroatoms. The molecule has 0 radical (unpaired) electrons. The van der Waals surface area contributed by atoms with Gasteiger partial charge in [-0.15, -0.1) is 5.10 Å². The van der Waals surface area contributed by atoms with Gasteiger partial charge in [0.05, 0.1) is 13.7 Å². The maximum atomic E-state index is 11.3. The molecule has 94 valence electrons. The number of methoxy groups -OCH3 is 1. The van der Waals surface area contributed by atoms with Gasteiger partial charge in [0.1, 0.15) is 0 Å². The van der Waals surface area contributed by atoms with Crippen LogP contribution in [0.15, 0.2) is 24.3 Å². The van der Waals surface area contributed by atoms with Crippen molar-refractivity contribution in [3.05, 3.63) is 40.5 Å². The van der Waals surface area contributed by atoms with Crippen LogP contribution in [0, 0.1) is 0 Å². The van der Waals surface area contributed by atoms with Gasteiger partial charge in [0.15, 0.2) is 5.82 Å². The van der Waals surface area contributed by atoms with E-state index in [1.54, 1.807) is 12.1 Å². The fraction of sp³-hybridized carbons (Fsp3) is 0.182. The Hall–Kier alpha value is -2.08. The third-order valence-corrected chi connectivity index (χ3v) is 2.65. The average molecular weight is 267 g/mol. The van der Waals surface area contributed by atoms with Crippen LogP contribution in [0.25, 0.3) is 0 Å². The summed E-state index contributed by atoms with van der Waals surface area (Å²) in [7, 11) is 1.26. The molecular formula is C11H11ClN4O2. The minimum Gasteiger partial charge on any atom is -0.464 e. The normalized spacial score (nSPS) is 10.3. The molecule has 0 aliphatic rings. The summed E-state index contributed by atoms with van der Waals surface area (Å²) >= 11 is 5.79. The molecule has 0 spiro atoms. The van der Waals surface area contributed by atoms with Crippen LogP contribution in [-0.2, 0) is 11.3 Å². The van der Waals surface area contributed by atoms with Gasteiger partial charge in [-0.05, 0) is 17.7 Å². The molecule has 2 rings (SSSR count). The number of nitrogens with two attached hydrogens (primary N) is 1. The molecule has 0 bridgehead atoms. The van der Waals surface area contributed by atoms with E-state index >= 15 is 0 Å². The predicted molar refractivity (Wildman–Crippen MR) is 66.3 cm³/mol. The van der Waals surface area contributed by atoms with E-state index in [1.807, 2.05) is 12.1 Å². The summed E-state index contributed by atoms with van der Waals surface area (Å²) < 4.78 is 5.97. The highest BCUT2D eigenvalue weighted by Gasteiger charge is 2.17. The summed E-state index contributed by atoms with van der Waals surface area (Å²) in [6.07, 6.45) is 0. The molecule has 18 heavy (non-hydrogen) atoms. The minimum absolute atomic E-state index is 0.0199. The first kappa shape index (κ1) is 12.4. The molecule has 0 atom stereocenters. The van der Waals surface area contributed by atoms with Crippen LogP contribution in [-0.4, -0.2) is 28.1 Å². The molecule has 0 aliphatic heterocycles. The summed E-state index contributed by atoms with van der Waals surface area (Å²) in [5, 5.41) is 8.15. The van der Waals surface area contributed by atoms with E-state index in [4.69, 9.17) is 17.3 Å². The SMILES string of the molecule is COC(=O)c1nnn(Cc2ccc(Cl)cc2)c1N. The molecule has 0 fully saturated rings. The Labute approximate surface area is 108 Å². The number of hydrogen-bond donors (Lipinski definition) is 1. The topological polar surface area (TPSA) is 83.0 Å². The summed E-state index contributed by atoms with van der Waals surface area (Å²) in [5.41, 5.74) is 6.74. The minimum atomic E-state index is -0.602. The van der Waals surface area contributed by atoms with Gasteiger partial charge in [-0.3, -0.25) is 0 Å². The molecule has 0 saturated heterocycles. The van der Waals surface area contributed by atoms with E-state index in [2.05, 4.69) is 15.0 Å². The first-order chi connectivity index (χ1) is 8.61. The van der Waals surface area contributed by atoms with Gasteiger partial charge in [-0.1, -0.05) is 28.9 Å². The largest absolute Gasteiger partial charge is 0.464 e. The second-order valence-electron chi connectivity index (χ2n) is 3.60. The Balaban J connectivity index is 2.22. The lowest BCUT2D eigenvalue weighted by Crippen LogP contribution is -2.09. The second kappa shape index (κ2) is 5.05. The Morgan fingerprint density at radius 1 is 1.44 bits per heavy atom.